The second kappa shape index (κ2) is 9.43. The lowest BCUT2D eigenvalue weighted by Crippen LogP contribution is -2.40. The van der Waals surface area contributed by atoms with Crippen LogP contribution in [-0.4, -0.2) is 35.8 Å². The number of fused-ring (bicyclic) bond motifs is 2. The molecule has 4 atom stereocenters. The second-order valence-electron chi connectivity index (χ2n) is 7.93. The molecule has 0 spiro atoms. The molecule has 4 unspecified atom stereocenters. The first kappa shape index (κ1) is 19.3. The Kier molecular flexibility index (Phi) is 7.57. The van der Waals surface area contributed by atoms with Gasteiger partial charge in [-0.1, -0.05) is 20.3 Å². The maximum absolute atomic E-state index is 12.2. The smallest absolute Gasteiger partial charge is 0.222 e. The fourth-order valence-corrected chi connectivity index (χ4v) is 4.80. The summed E-state index contributed by atoms with van der Waals surface area (Å²) in [4.78, 5) is 26.3. The van der Waals surface area contributed by atoms with Crippen LogP contribution in [0.25, 0.3) is 0 Å². The van der Waals surface area contributed by atoms with Crippen molar-refractivity contribution in [1.82, 2.24) is 10.2 Å². The molecule has 24 heavy (non-hydrogen) atoms. The van der Waals surface area contributed by atoms with Gasteiger partial charge in [-0.3, -0.25) is 9.59 Å². The second-order valence-corrected chi connectivity index (χ2v) is 7.93. The lowest BCUT2D eigenvalue weighted by atomic mass is 9.84. The van der Waals surface area contributed by atoms with Crippen LogP contribution in [0.2, 0.25) is 0 Å². The van der Waals surface area contributed by atoms with Crippen molar-refractivity contribution in [3.05, 3.63) is 0 Å². The Morgan fingerprint density at radius 2 is 1.79 bits per heavy atom. The molecule has 2 rings (SSSR count). The average molecular weight is 337 g/mol. The van der Waals surface area contributed by atoms with E-state index < -0.39 is 0 Å². The molecule has 4 nitrogen and oxygen atoms in total. The topological polar surface area (TPSA) is 49.4 Å². The molecule has 2 amide bonds. The summed E-state index contributed by atoms with van der Waals surface area (Å²) in [5, 5.41) is 3.20. The molecule has 1 N–H and O–H groups in total. The predicted octanol–water partition coefficient (Wildman–Crippen LogP) is 3.75. The van der Waals surface area contributed by atoms with E-state index in [4.69, 9.17) is 0 Å². The number of rotatable bonds is 10. The van der Waals surface area contributed by atoms with Gasteiger partial charge in [0.2, 0.25) is 11.8 Å². The highest BCUT2D eigenvalue weighted by Gasteiger charge is 2.42. The number of hydrogen-bond donors (Lipinski definition) is 1. The average Bonchev–Trinajstić information content (AvgIpc) is 3.17. The molecule has 2 aliphatic rings. The van der Waals surface area contributed by atoms with Crippen LogP contribution in [0.5, 0.6) is 0 Å². The molecule has 2 saturated carbocycles. The van der Waals surface area contributed by atoms with Crippen LogP contribution in [0, 0.1) is 17.8 Å². The zero-order valence-corrected chi connectivity index (χ0v) is 15.9. The van der Waals surface area contributed by atoms with E-state index in [1.54, 1.807) is 0 Å². The number of carbonyl (C=O) groups is 2. The Labute approximate surface area is 147 Å². The fourth-order valence-electron chi connectivity index (χ4n) is 4.80. The van der Waals surface area contributed by atoms with Crippen molar-refractivity contribution < 1.29 is 9.59 Å². The number of nitrogens with one attached hydrogen (secondary N) is 1. The summed E-state index contributed by atoms with van der Waals surface area (Å²) < 4.78 is 0. The van der Waals surface area contributed by atoms with Crippen LogP contribution in [-0.2, 0) is 9.59 Å². The molecular formula is C20H36N2O2. The Hall–Kier alpha value is -1.06. The van der Waals surface area contributed by atoms with Gasteiger partial charge >= 0.3 is 0 Å². The first-order valence-electron chi connectivity index (χ1n) is 10.1. The van der Waals surface area contributed by atoms with Gasteiger partial charge in [0.05, 0.1) is 0 Å². The Balaban J connectivity index is 1.64. The van der Waals surface area contributed by atoms with Crippen molar-refractivity contribution in [3.63, 3.8) is 0 Å². The van der Waals surface area contributed by atoms with Gasteiger partial charge in [0.1, 0.15) is 0 Å². The first-order chi connectivity index (χ1) is 11.5. The first-order valence-corrected chi connectivity index (χ1v) is 10.1. The minimum Gasteiger partial charge on any atom is -0.353 e. The SMILES string of the molecule is CCCN(CCC)C(=O)CCCC(=O)NC(C)C1CC2CCC1C2. The number of hydrogen-bond acceptors (Lipinski definition) is 2. The molecule has 0 saturated heterocycles. The highest BCUT2D eigenvalue weighted by atomic mass is 16.2. The minimum absolute atomic E-state index is 0.121. The van der Waals surface area contributed by atoms with Crippen LogP contribution >= 0.6 is 0 Å². The monoisotopic (exact) mass is 336 g/mol. The molecule has 138 valence electrons. The highest BCUT2D eigenvalue weighted by molar-refractivity contribution is 5.79. The normalized spacial score (nSPS) is 26.4. The van der Waals surface area contributed by atoms with Crippen molar-refractivity contribution in [2.75, 3.05) is 13.1 Å². The van der Waals surface area contributed by atoms with E-state index in [0.29, 0.717) is 31.2 Å². The van der Waals surface area contributed by atoms with E-state index in [9.17, 15) is 9.59 Å². The summed E-state index contributed by atoms with van der Waals surface area (Å²) >= 11 is 0. The molecule has 2 bridgehead atoms. The van der Waals surface area contributed by atoms with Crippen LogP contribution < -0.4 is 5.32 Å². The fraction of sp³-hybridized carbons (Fsp3) is 0.900. The third-order valence-corrected chi connectivity index (χ3v) is 5.96. The summed E-state index contributed by atoms with van der Waals surface area (Å²) in [6, 6.07) is 0.292. The molecule has 4 heteroatoms. The Morgan fingerprint density at radius 1 is 1.08 bits per heavy atom. The molecule has 0 aromatic rings. The van der Waals surface area contributed by atoms with Crippen molar-refractivity contribution >= 4 is 11.8 Å². The quantitative estimate of drug-likeness (QED) is 0.660. The molecular weight excluding hydrogens is 300 g/mol. The number of amides is 2. The lowest BCUT2D eigenvalue weighted by Gasteiger charge is -2.28. The molecule has 0 aliphatic heterocycles. The highest BCUT2D eigenvalue weighted by Crippen LogP contribution is 2.49. The Bertz CT molecular complexity index is 418. The maximum Gasteiger partial charge on any atom is 0.222 e. The molecule has 2 aliphatic carbocycles. The van der Waals surface area contributed by atoms with Crippen molar-refractivity contribution in [1.29, 1.82) is 0 Å². The molecule has 0 heterocycles. The van der Waals surface area contributed by atoms with Crippen LogP contribution in [0.15, 0.2) is 0 Å². The van der Waals surface area contributed by atoms with Crippen molar-refractivity contribution in [2.45, 2.75) is 84.6 Å². The van der Waals surface area contributed by atoms with E-state index in [2.05, 4.69) is 26.1 Å². The lowest BCUT2D eigenvalue weighted by molar-refractivity contribution is -0.131. The van der Waals surface area contributed by atoms with Crippen molar-refractivity contribution in [2.24, 2.45) is 17.8 Å². The van der Waals surface area contributed by atoms with Gasteiger partial charge in [-0.05, 0) is 63.2 Å². The Morgan fingerprint density at radius 3 is 2.33 bits per heavy atom. The molecule has 2 fully saturated rings. The molecule has 0 radical (unpaired) electrons. The van der Waals surface area contributed by atoms with E-state index in [1.165, 1.54) is 25.7 Å². The van der Waals surface area contributed by atoms with Gasteiger partial charge in [0.25, 0.3) is 0 Å². The van der Waals surface area contributed by atoms with E-state index in [1.807, 2.05) is 4.90 Å². The van der Waals surface area contributed by atoms with Gasteiger partial charge < -0.3 is 10.2 Å². The standard InChI is InChI=1S/C20H36N2O2/c1-4-11-22(12-5-2)20(24)8-6-7-19(23)21-15(3)18-14-16-9-10-17(18)13-16/h15-18H,4-14H2,1-3H3,(H,21,23). The predicted molar refractivity (Wildman–Crippen MR) is 97.6 cm³/mol. The molecule has 0 aromatic heterocycles. The van der Waals surface area contributed by atoms with Gasteiger partial charge in [-0.25, -0.2) is 0 Å². The third-order valence-electron chi connectivity index (χ3n) is 5.96. The third kappa shape index (κ3) is 5.22. The van der Waals surface area contributed by atoms with E-state index in [0.717, 1.165) is 37.8 Å². The van der Waals surface area contributed by atoms with E-state index in [-0.39, 0.29) is 11.8 Å². The number of nitrogens with zero attached hydrogens (tertiary/aromatic N) is 1. The van der Waals surface area contributed by atoms with Gasteiger partial charge in [0, 0.05) is 32.0 Å². The van der Waals surface area contributed by atoms with Crippen LogP contribution in [0.4, 0.5) is 0 Å². The summed E-state index contributed by atoms with van der Waals surface area (Å²) in [6.45, 7) is 8.03. The number of carbonyl (C=O) groups excluding carboxylic acids is 2. The zero-order valence-electron chi connectivity index (χ0n) is 15.9. The van der Waals surface area contributed by atoms with Gasteiger partial charge in [-0.15, -0.1) is 0 Å². The van der Waals surface area contributed by atoms with Gasteiger partial charge in [0.15, 0.2) is 0 Å². The van der Waals surface area contributed by atoms with Crippen LogP contribution in [0.1, 0.15) is 78.6 Å². The minimum atomic E-state index is 0.121. The van der Waals surface area contributed by atoms with Gasteiger partial charge in [-0.2, -0.15) is 0 Å². The maximum atomic E-state index is 12.2. The largest absolute Gasteiger partial charge is 0.353 e. The summed E-state index contributed by atoms with van der Waals surface area (Å²) in [7, 11) is 0. The molecule has 0 aromatic carbocycles. The van der Waals surface area contributed by atoms with Crippen LogP contribution in [0.3, 0.4) is 0 Å². The summed E-state index contributed by atoms with van der Waals surface area (Å²) in [5.41, 5.74) is 0. The summed E-state index contributed by atoms with van der Waals surface area (Å²) in [5.74, 6) is 2.76. The zero-order chi connectivity index (χ0) is 17.5. The van der Waals surface area contributed by atoms with E-state index >= 15 is 0 Å². The summed E-state index contributed by atoms with van der Waals surface area (Å²) in [6.07, 6.45) is 9.06. The van der Waals surface area contributed by atoms with Crippen molar-refractivity contribution in [3.8, 4) is 0 Å².